The van der Waals surface area contributed by atoms with Crippen molar-refractivity contribution in [2.45, 2.75) is 52.1 Å². The SMILES string of the molecule is CC(=O)N1CC2(CCN(Cc3ccnc(C)n3)CC2)CC1(C)CO. The summed E-state index contributed by atoms with van der Waals surface area (Å²) in [6.45, 7) is 9.23. The second-order valence-corrected chi connectivity index (χ2v) is 7.81. The smallest absolute Gasteiger partial charge is 0.219 e. The van der Waals surface area contributed by atoms with E-state index in [4.69, 9.17) is 0 Å². The predicted molar refractivity (Wildman–Crippen MR) is 91.2 cm³/mol. The van der Waals surface area contributed by atoms with Crippen molar-refractivity contribution in [2.75, 3.05) is 26.2 Å². The molecule has 3 heterocycles. The largest absolute Gasteiger partial charge is 0.394 e. The Hall–Kier alpha value is -1.53. The molecule has 1 aromatic rings. The Kier molecular flexibility index (Phi) is 4.62. The molecule has 2 aliphatic rings. The van der Waals surface area contributed by atoms with E-state index >= 15 is 0 Å². The Morgan fingerprint density at radius 3 is 2.62 bits per heavy atom. The number of aryl methyl sites for hydroxylation is 1. The van der Waals surface area contributed by atoms with E-state index in [1.165, 1.54) is 0 Å². The van der Waals surface area contributed by atoms with Crippen LogP contribution < -0.4 is 0 Å². The van der Waals surface area contributed by atoms with Gasteiger partial charge in [0.15, 0.2) is 0 Å². The van der Waals surface area contributed by atoms with Crippen LogP contribution in [0.3, 0.4) is 0 Å². The highest BCUT2D eigenvalue weighted by atomic mass is 16.3. The van der Waals surface area contributed by atoms with Gasteiger partial charge in [0.25, 0.3) is 0 Å². The van der Waals surface area contributed by atoms with Gasteiger partial charge in [0.1, 0.15) is 5.82 Å². The lowest BCUT2D eigenvalue weighted by molar-refractivity contribution is -0.134. The number of carbonyl (C=O) groups is 1. The molecule has 3 rings (SSSR count). The van der Waals surface area contributed by atoms with Crippen LogP contribution in [0.5, 0.6) is 0 Å². The Morgan fingerprint density at radius 2 is 2.08 bits per heavy atom. The highest BCUT2D eigenvalue weighted by molar-refractivity contribution is 5.74. The molecule has 0 aliphatic carbocycles. The van der Waals surface area contributed by atoms with Gasteiger partial charge < -0.3 is 10.0 Å². The van der Waals surface area contributed by atoms with Crippen LogP contribution in [0.2, 0.25) is 0 Å². The highest BCUT2D eigenvalue weighted by Crippen LogP contribution is 2.48. The van der Waals surface area contributed by atoms with E-state index in [1.54, 1.807) is 6.92 Å². The first kappa shape index (κ1) is 17.3. The molecule has 1 unspecified atom stereocenters. The van der Waals surface area contributed by atoms with Crippen LogP contribution >= 0.6 is 0 Å². The summed E-state index contributed by atoms with van der Waals surface area (Å²) >= 11 is 0. The molecule has 1 atom stereocenters. The fourth-order valence-electron chi connectivity index (χ4n) is 4.46. The molecule has 132 valence electrons. The maximum Gasteiger partial charge on any atom is 0.219 e. The Bertz CT molecular complexity index is 613. The lowest BCUT2D eigenvalue weighted by atomic mass is 9.74. The number of nitrogens with zero attached hydrogens (tertiary/aromatic N) is 4. The number of aliphatic hydroxyl groups excluding tert-OH is 1. The van der Waals surface area contributed by atoms with Gasteiger partial charge >= 0.3 is 0 Å². The van der Waals surface area contributed by atoms with E-state index < -0.39 is 5.54 Å². The average molecular weight is 332 g/mol. The zero-order chi connectivity index (χ0) is 17.4. The van der Waals surface area contributed by atoms with Crippen LogP contribution in [0.25, 0.3) is 0 Å². The van der Waals surface area contributed by atoms with E-state index in [2.05, 4.69) is 14.9 Å². The molecule has 1 amide bonds. The van der Waals surface area contributed by atoms with Crippen molar-refractivity contribution in [1.29, 1.82) is 0 Å². The number of hydrogen-bond donors (Lipinski definition) is 1. The van der Waals surface area contributed by atoms with Crippen molar-refractivity contribution >= 4 is 5.91 Å². The molecule has 0 bridgehead atoms. The summed E-state index contributed by atoms with van der Waals surface area (Å²) < 4.78 is 0. The van der Waals surface area contributed by atoms with E-state index in [-0.39, 0.29) is 17.9 Å². The lowest BCUT2D eigenvalue weighted by Crippen LogP contribution is -2.46. The first-order valence-electron chi connectivity index (χ1n) is 8.76. The Morgan fingerprint density at radius 1 is 1.38 bits per heavy atom. The van der Waals surface area contributed by atoms with Gasteiger partial charge in [0, 0.05) is 26.2 Å². The standard InChI is InChI=1S/C18H28N4O2/c1-14-19-7-4-16(20-14)10-21-8-5-18(6-9-21)11-17(3,13-23)22(12-18)15(2)24/h4,7,23H,5-6,8-13H2,1-3H3. The van der Waals surface area contributed by atoms with Crippen LogP contribution in [-0.4, -0.2) is 62.6 Å². The quantitative estimate of drug-likeness (QED) is 0.905. The normalized spacial score (nSPS) is 26.9. The number of carbonyl (C=O) groups excluding carboxylic acids is 1. The number of likely N-dealkylation sites (tertiary alicyclic amines) is 2. The van der Waals surface area contributed by atoms with Gasteiger partial charge in [0.2, 0.25) is 5.91 Å². The van der Waals surface area contributed by atoms with E-state index in [1.807, 2.05) is 31.0 Å². The van der Waals surface area contributed by atoms with Crippen molar-refractivity contribution < 1.29 is 9.90 Å². The van der Waals surface area contributed by atoms with Crippen LogP contribution in [0, 0.1) is 12.3 Å². The van der Waals surface area contributed by atoms with Gasteiger partial charge in [-0.05, 0) is 57.7 Å². The zero-order valence-electron chi connectivity index (χ0n) is 15.0. The fraction of sp³-hybridized carbons (Fsp3) is 0.722. The van der Waals surface area contributed by atoms with Crippen LogP contribution in [0.15, 0.2) is 12.3 Å². The summed E-state index contributed by atoms with van der Waals surface area (Å²) in [6.07, 6.45) is 4.85. The minimum atomic E-state index is -0.405. The monoisotopic (exact) mass is 332 g/mol. The molecular weight excluding hydrogens is 304 g/mol. The second-order valence-electron chi connectivity index (χ2n) is 7.81. The summed E-state index contributed by atoms with van der Waals surface area (Å²) in [4.78, 5) is 24.9. The Balaban J connectivity index is 1.63. The Labute approximate surface area is 143 Å². The molecule has 1 spiro atoms. The summed E-state index contributed by atoms with van der Waals surface area (Å²) in [5, 5.41) is 9.81. The van der Waals surface area contributed by atoms with Gasteiger partial charge in [0.05, 0.1) is 17.8 Å². The first-order chi connectivity index (χ1) is 11.4. The molecule has 0 radical (unpaired) electrons. The van der Waals surface area contributed by atoms with Gasteiger partial charge in [-0.3, -0.25) is 9.69 Å². The topological polar surface area (TPSA) is 69.6 Å². The number of piperidine rings is 1. The molecular formula is C18H28N4O2. The molecule has 2 saturated heterocycles. The average Bonchev–Trinajstić information content (AvgIpc) is 2.84. The number of amides is 1. The molecule has 2 fully saturated rings. The first-order valence-corrected chi connectivity index (χ1v) is 8.76. The number of aromatic nitrogens is 2. The zero-order valence-corrected chi connectivity index (χ0v) is 15.0. The van der Waals surface area contributed by atoms with E-state index in [0.717, 1.165) is 57.0 Å². The van der Waals surface area contributed by atoms with Gasteiger partial charge in [-0.1, -0.05) is 0 Å². The fourth-order valence-corrected chi connectivity index (χ4v) is 4.46. The van der Waals surface area contributed by atoms with Crippen LogP contribution in [0.1, 0.15) is 44.6 Å². The summed E-state index contributed by atoms with van der Waals surface area (Å²) in [5.74, 6) is 0.884. The molecule has 2 aliphatic heterocycles. The van der Waals surface area contributed by atoms with Crippen molar-refractivity contribution in [3.05, 3.63) is 23.8 Å². The molecule has 0 saturated carbocycles. The van der Waals surface area contributed by atoms with Crippen molar-refractivity contribution in [2.24, 2.45) is 5.41 Å². The molecule has 0 aromatic carbocycles. The maximum atomic E-state index is 12.0. The van der Waals surface area contributed by atoms with Gasteiger partial charge in [-0.2, -0.15) is 0 Å². The van der Waals surface area contributed by atoms with E-state index in [9.17, 15) is 9.90 Å². The lowest BCUT2D eigenvalue weighted by Gasteiger charge is -2.39. The predicted octanol–water partition coefficient (Wildman–Crippen LogP) is 1.37. The van der Waals surface area contributed by atoms with E-state index in [0.29, 0.717) is 0 Å². The third-order valence-corrected chi connectivity index (χ3v) is 5.76. The molecule has 6 nitrogen and oxygen atoms in total. The highest BCUT2D eigenvalue weighted by Gasteiger charge is 2.52. The third kappa shape index (κ3) is 3.30. The third-order valence-electron chi connectivity index (χ3n) is 5.76. The molecule has 6 heteroatoms. The van der Waals surface area contributed by atoms with Gasteiger partial charge in [-0.25, -0.2) is 9.97 Å². The molecule has 1 aromatic heterocycles. The summed E-state index contributed by atoms with van der Waals surface area (Å²) in [5.41, 5.74) is 0.814. The van der Waals surface area contributed by atoms with Crippen LogP contribution in [0.4, 0.5) is 0 Å². The van der Waals surface area contributed by atoms with Gasteiger partial charge in [-0.15, -0.1) is 0 Å². The number of hydrogen-bond acceptors (Lipinski definition) is 5. The van der Waals surface area contributed by atoms with Crippen molar-refractivity contribution in [3.8, 4) is 0 Å². The summed E-state index contributed by atoms with van der Waals surface area (Å²) in [7, 11) is 0. The summed E-state index contributed by atoms with van der Waals surface area (Å²) in [6, 6.07) is 1.98. The minimum absolute atomic E-state index is 0.0399. The molecule has 24 heavy (non-hydrogen) atoms. The second kappa shape index (κ2) is 6.41. The number of rotatable bonds is 3. The minimum Gasteiger partial charge on any atom is -0.394 e. The maximum absolute atomic E-state index is 12.0. The van der Waals surface area contributed by atoms with Crippen molar-refractivity contribution in [1.82, 2.24) is 19.8 Å². The van der Waals surface area contributed by atoms with Crippen molar-refractivity contribution in [3.63, 3.8) is 0 Å². The molecule has 1 N–H and O–H groups in total. The number of aliphatic hydroxyl groups is 1. The van der Waals surface area contributed by atoms with Crippen LogP contribution in [-0.2, 0) is 11.3 Å².